The van der Waals surface area contributed by atoms with E-state index in [-0.39, 0.29) is 11.8 Å². The van der Waals surface area contributed by atoms with Gasteiger partial charge in [-0.15, -0.1) is 0 Å². The highest BCUT2D eigenvalue weighted by Gasteiger charge is 2.30. The van der Waals surface area contributed by atoms with Gasteiger partial charge in [0.1, 0.15) is 22.2 Å². The van der Waals surface area contributed by atoms with Gasteiger partial charge in [0.15, 0.2) is 0 Å². The van der Waals surface area contributed by atoms with Gasteiger partial charge in [-0.25, -0.2) is 9.83 Å². The molecule has 1 aliphatic rings. The number of carbonyl (C=O) groups is 2. The quantitative estimate of drug-likeness (QED) is 0.340. The third-order valence-electron chi connectivity index (χ3n) is 6.34. The highest BCUT2D eigenvalue weighted by Crippen LogP contribution is 2.43. The molecule has 2 aromatic rings. The van der Waals surface area contributed by atoms with E-state index in [1.807, 2.05) is 42.2 Å². The van der Waals surface area contributed by atoms with Gasteiger partial charge in [-0.05, 0) is 50.2 Å². The van der Waals surface area contributed by atoms with Crippen molar-refractivity contribution < 1.29 is 9.59 Å². The van der Waals surface area contributed by atoms with Crippen LogP contribution in [0.4, 0.5) is 11.5 Å². The molecule has 1 aromatic carbocycles. The fourth-order valence-corrected chi connectivity index (χ4v) is 5.45. The average molecular weight is 520 g/mol. The van der Waals surface area contributed by atoms with Crippen LogP contribution in [-0.4, -0.2) is 42.0 Å². The molecule has 0 saturated carbocycles. The summed E-state index contributed by atoms with van der Waals surface area (Å²) in [4.78, 5) is 35.3. The van der Waals surface area contributed by atoms with E-state index in [2.05, 4.69) is 16.2 Å². The Morgan fingerprint density at radius 2 is 2.08 bits per heavy atom. The van der Waals surface area contributed by atoms with E-state index in [9.17, 15) is 14.9 Å². The summed E-state index contributed by atoms with van der Waals surface area (Å²) in [6.45, 7) is 14.9. The maximum absolute atomic E-state index is 12.4. The fourth-order valence-electron chi connectivity index (χ4n) is 4.39. The molecule has 37 heavy (non-hydrogen) atoms. The van der Waals surface area contributed by atoms with Gasteiger partial charge < -0.3 is 21.7 Å². The van der Waals surface area contributed by atoms with Crippen molar-refractivity contribution in [2.75, 3.05) is 24.5 Å². The number of primary amides is 1. The zero-order valence-electron chi connectivity index (χ0n) is 21.5. The molecular formula is C27H33N7O2S. The number of amides is 2. The van der Waals surface area contributed by atoms with Gasteiger partial charge in [-0.3, -0.25) is 9.59 Å². The minimum absolute atomic E-state index is 0.153. The SMILES string of the molecule is [C-]#[N+]c1c(N2CCC[C@@H](CNC(=O)C(C)(C)N)C2)nc(SC(C(N)=O)c2ccccc2)c(C#N)c1CC. The van der Waals surface area contributed by atoms with E-state index in [0.29, 0.717) is 53.7 Å². The van der Waals surface area contributed by atoms with Crippen LogP contribution in [0.5, 0.6) is 0 Å². The Morgan fingerprint density at radius 1 is 1.38 bits per heavy atom. The first-order valence-corrected chi connectivity index (χ1v) is 13.2. The summed E-state index contributed by atoms with van der Waals surface area (Å²) in [6, 6.07) is 11.4. The Labute approximate surface area is 222 Å². The van der Waals surface area contributed by atoms with Crippen LogP contribution >= 0.6 is 11.8 Å². The van der Waals surface area contributed by atoms with Crippen LogP contribution in [0.25, 0.3) is 4.85 Å². The standard InChI is InChI=1S/C27H33N7O2S/c1-5-19-20(14-28)25(37-22(23(29)35)18-11-7-6-8-12-18)33-24(21(19)31-4)34-13-9-10-17(16-34)15-32-26(36)27(2,3)30/h6-8,11-12,17,22H,5,9-10,13,15-16,30H2,1-3H3,(H2,29,35)(H,32,36)/t17-,22?/m0/s1. The van der Waals surface area contributed by atoms with Crippen LogP contribution in [0.2, 0.25) is 0 Å². The first-order chi connectivity index (χ1) is 17.6. The van der Waals surface area contributed by atoms with Gasteiger partial charge in [-0.1, -0.05) is 49.0 Å². The molecule has 5 N–H and O–H groups in total. The number of hydrogen-bond donors (Lipinski definition) is 3. The molecule has 1 unspecified atom stereocenters. The highest BCUT2D eigenvalue weighted by atomic mass is 32.2. The summed E-state index contributed by atoms with van der Waals surface area (Å²) < 4.78 is 0. The Bertz CT molecular complexity index is 1230. The summed E-state index contributed by atoms with van der Waals surface area (Å²) in [5.74, 6) is -0.0968. The van der Waals surface area contributed by atoms with Crippen LogP contribution in [0.15, 0.2) is 35.4 Å². The molecular weight excluding hydrogens is 486 g/mol. The monoisotopic (exact) mass is 519 g/mol. The number of carbonyl (C=O) groups excluding carboxylic acids is 2. The highest BCUT2D eigenvalue weighted by molar-refractivity contribution is 8.00. The van der Waals surface area contributed by atoms with Gasteiger partial charge in [0.25, 0.3) is 0 Å². The Morgan fingerprint density at radius 3 is 2.65 bits per heavy atom. The van der Waals surface area contributed by atoms with E-state index >= 15 is 0 Å². The van der Waals surface area contributed by atoms with Gasteiger partial charge in [0.2, 0.25) is 17.5 Å². The van der Waals surface area contributed by atoms with Crippen molar-refractivity contribution in [3.63, 3.8) is 0 Å². The Hall–Kier alpha value is -3.60. The molecule has 9 nitrogen and oxygen atoms in total. The summed E-state index contributed by atoms with van der Waals surface area (Å²) in [5, 5.41) is 12.6. The van der Waals surface area contributed by atoms with Gasteiger partial charge in [0.05, 0.1) is 17.7 Å². The lowest BCUT2D eigenvalue weighted by atomic mass is 9.96. The maximum atomic E-state index is 12.4. The van der Waals surface area contributed by atoms with Crippen molar-refractivity contribution in [3.05, 3.63) is 58.4 Å². The van der Waals surface area contributed by atoms with Crippen LogP contribution in [0.3, 0.4) is 0 Å². The minimum atomic E-state index is -0.960. The number of nitrogens with one attached hydrogen (secondary N) is 1. The maximum Gasteiger partial charge on any atom is 0.239 e. The van der Waals surface area contributed by atoms with E-state index in [1.165, 1.54) is 0 Å². The van der Waals surface area contributed by atoms with Crippen molar-refractivity contribution >= 4 is 35.1 Å². The molecule has 2 atom stereocenters. The Balaban J connectivity index is 1.98. The largest absolute Gasteiger partial charge is 0.368 e. The molecule has 0 spiro atoms. The summed E-state index contributed by atoms with van der Waals surface area (Å²) in [6.07, 6.45) is 2.25. The van der Waals surface area contributed by atoms with Crippen molar-refractivity contribution in [2.24, 2.45) is 17.4 Å². The number of anilines is 1. The first kappa shape index (κ1) is 28.0. The van der Waals surface area contributed by atoms with E-state index in [0.717, 1.165) is 30.2 Å². The second kappa shape index (κ2) is 12.1. The van der Waals surface area contributed by atoms with Crippen molar-refractivity contribution in [1.82, 2.24) is 10.3 Å². The summed E-state index contributed by atoms with van der Waals surface area (Å²) in [7, 11) is 0. The number of pyridine rings is 1. The molecule has 0 radical (unpaired) electrons. The van der Waals surface area contributed by atoms with Crippen LogP contribution in [-0.2, 0) is 16.0 Å². The van der Waals surface area contributed by atoms with Crippen molar-refractivity contribution in [3.8, 4) is 6.07 Å². The van der Waals surface area contributed by atoms with E-state index < -0.39 is 16.7 Å². The number of thioether (sulfide) groups is 1. The topological polar surface area (TPSA) is 142 Å². The number of benzene rings is 1. The van der Waals surface area contributed by atoms with Gasteiger partial charge in [-0.2, -0.15) is 5.26 Å². The van der Waals surface area contributed by atoms with Crippen LogP contribution in [0.1, 0.15) is 55.6 Å². The normalized spacial score (nSPS) is 16.4. The van der Waals surface area contributed by atoms with Gasteiger partial charge in [0, 0.05) is 19.6 Å². The molecule has 1 aromatic heterocycles. The lowest BCUT2D eigenvalue weighted by Gasteiger charge is -2.35. The minimum Gasteiger partial charge on any atom is -0.368 e. The third kappa shape index (κ3) is 6.59. The number of hydrogen-bond acceptors (Lipinski definition) is 7. The average Bonchev–Trinajstić information content (AvgIpc) is 2.89. The molecule has 1 fully saturated rings. The molecule has 194 valence electrons. The second-order valence-corrected chi connectivity index (χ2v) is 10.8. The number of nitrogens with two attached hydrogens (primary N) is 2. The molecule has 1 aliphatic heterocycles. The predicted octanol–water partition coefficient (Wildman–Crippen LogP) is 3.46. The third-order valence-corrected chi connectivity index (χ3v) is 7.60. The number of rotatable bonds is 9. The van der Waals surface area contributed by atoms with Gasteiger partial charge >= 0.3 is 0 Å². The lowest BCUT2D eigenvalue weighted by Crippen LogP contribution is -2.51. The number of piperidine rings is 1. The molecule has 1 saturated heterocycles. The number of aromatic nitrogens is 1. The predicted molar refractivity (Wildman–Crippen MR) is 145 cm³/mol. The fraction of sp³-hybridized carbons (Fsp3) is 0.444. The molecule has 0 bridgehead atoms. The van der Waals surface area contributed by atoms with E-state index in [1.54, 1.807) is 13.8 Å². The van der Waals surface area contributed by atoms with Crippen molar-refractivity contribution in [2.45, 2.75) is 55.8 Å². The molecule has 10 heteroatoms. The Kier molecular flexibility index (Phi) is 9.14. The zero-order chi connectivity index (χ0) is 27.2. The number of nitriles is 1. The molecule has 2 amide bonds. The summed E-state index contributed by atoms with van der Waals surface area (Å²) >= 11 is 1.14. The zero-order valence-corrected chi connectivity index (χ0v) is 22.3. The molecule has 0 aliphatic carbocycles. The van der Waals surface area contributed by atoms with Crippen molar-refractivity contribution in [1.29, 1.82) is 5.26 Å². The second-order valence-electron chi connectivity index (χ2n) is 9.72. The summed E-state index contributed by atoms with van der Waals surface area (Å²) in [5.41, 5.74) is 12.7. The molecule has 2 heterocycles. The van der Waals surface area contributed by atoms with Crippen LogP contribution < -0.4 is 21.7 Å². The molecule has 3 rings (SSSR count). The first-order valence-electron chi connectivity index (χ1n) is 12.3. The van der Waals surface area contributed by atoms with Crippen LogP contribution in [0, 0.1) is 23.8 Å². The van der Waals surface area contributed by atoms with E-state index in [4.69, 9.17) is 23.0 Å². The lowest BCUT2D eigenvalue weighted by molar-refractivity contribution is -0.125. The number of nitrogens with zero attached hydrogens (tertiary/aromatic N) is 4. The smallest absolute Gasteiger partial charge is 0.239 e.